The maximum absolute atomic E-state index is 11.6. The van der Waals surface area contributed by atoms with Crippen LogP contribution in [0.15, 0.2) is 0 Å². The minimum Gasteiger partial charge on any atom is -0.465 e. The Balaban J connectivity index is 2.43. The van der Waals surface area contributed by atoms with Gasteiger partial charge in [-0.1, -0.05) is 20.8 Å². The molecule has 4 heteroatoms. The van der Waals surface area contributed by atoms with Crippen molar-refractivity contribution in [2.75, 3.05) is 26.2 Å². The van der Waals surface area contributed by atoms with Crippen LogP contribution in [0.3, 0.4) is 0 Å². The zero-order chi connectivity index (χ0) is 14.5. The zero-order valence-electron chi connectivity index (χ0n) is 12.9. The smallest absolute Gasteiger partial charge is 0.324 e. The third-order valence-electron chi connectivity index (χ3n) is 4.09. The minimum absolute atomic E-state index is 0.279. The van der Waals surface area contributed by atoms with Gasteiger partial charge in [0, 0.05) is 6.54 Å². The largest absolute Gasteiger partial charge is 0.465 e. The second kappa shape index (κ2) is 7.25. The molecule has 0 amide bonds. The molecule has 1 rings (SSSR count). The normalized spacial score (nSPS) is 23.7. The standard InChI is InChI=1S/C15H30N2O2/c1-5-19-14(18)13(16)11-17-9-6-7-12(8-10-17)15(2,3)4/h12-13H,5-11,16H2,1-4H3. The average Bonchev–Trinajstić information content (AvgIpc) is 2.54. The minimum atomic E-state index is -0.508. The quantitative estimate of drug-likeness (QED) is 0.794. The molecule has 1 fully saturated rings. The fourth-order valence-electron chi connectivity index (χ4n) is 2.81. The van der Waals surface area contributed by atoms with Gasteiger partial charge in [-0.05, 0) is 50.6 Å². The van der Waals surface area contributed by atoms with Crippen molar-refractivity contribution in [3.63, 3.8) is 0 Å². The highest BCUT2D eigenvalue weighted by Crippen LogP contribution is 2.34. The van der Waals surface area contributed by atoms with E-state index in [-0.39, 0.29) is 5.97 Å². The third kappa shape index (κ3) is 5.49. The van der Waals surface area contributed by atoms with E-state index in [4.69, 9.17) is 10.5 Å². The first-order chi connectivity index (χ1) is 8.84. The Labute approximate surface area is 117 Å². The number of rotatable bonds is 4. The Morgan fingerprint density at radius 3 is 2.63 bits per heavy atom. The summed E-state index contributed by atoms with van der Waals surface area (Å²) in [5.74, 6) is 0.482. The van der Waals surface area contributed by atoms with E-state index in [1.54, 1.807) is 0 Å². The van der Waals surface area contributed by atoms with E-state index >= 15 is 0 Å². The first-order valence-electron chi connectivity index (χ1n) is 7.49. The van der Waals surface area contributed by atoms with Gasteiger partial charge in [0.05, 0.1) is 6.61 Å². The van der Waals surface area contributed by atoms with Gasteiger partial charge in [0.25, 0.3) is 0 Å². The number of nitrogens with two attached hydrogens (primary N) is 1. The van der Waals surface area contributed by atoms with Crippen LogP contribution in [0.2, 0.25) is 0 Å². The summed E-state index contributed by atoms with van der Waals surface area (Å²) in [6.07, 6.45) is 3.66. The Morgan fingerprint density at radius 2 is 2.05 bits per heavy atom. The molecule has 1 saturated heterocycles. The van der Waals surface area contributed by atoms with Crippen molar-refractivity contribution in [2.45, 2.75) is 53.0 Å². The van der Waals surface area contributed by atoms with Gasteiger partial charge in [-0.2, -0.15) is 0 Å². The Morgan fingerprint density at radius 1 is 1.37 bits per heavy atom. The number of esters is 1. The average molecular weight is 270 g/mol. The molecule has 2 atom stereocenters. The third-order valence-corrected chi connectivity index (χ3v) is 4.09. The Hall–Kier alpha value is -0.610. The molecule has 1 heterocycles. The van der Waals surface area contributed by atoms with Crippen LogP contribution in [0, 0.1) is 11.3 Å². The van der Waals surface area contributed by atoms with Crippen LogP contribution in [0.5, 0.6) is 0 Å². The number of ether oxygens (including phenoxy) is 1. The van der Waals surface area contributed by atoms with Crippen molar-refractivity contribution in [1.82, 2.24) is 4.90 Å². The van der Waals surface area contributed by atoms with Crippen molar-refractivity contribution in [2.24, 2.45) is 17.1 Å². The number of carbonyl (C=O) groups excluding carboxylic acids is 1. The lowest BCUT2D eigenvalue weighted by Gasteiger charge is -2.30. The van der Waals surface area contributed by atoms with Gasteiger partial charge < -0.3 is 15.4 Å². The van der Waals surface area contributed by atoms with E-state index in [9.17, 15) is 4.79 Å². The van der Waals surface area contributed by atoms with Crippen LogP contribution in [0.4, 0.5) is 0 Å². The molecule has 0 saturated carbocycles. The van der Waals surface area contributed by atoms with Gasteiger partial charge >= 0.3 is 5.97 Å². The monoisotopic (exact) mass is 270 g/mol. The summed E-state index contributed by atoms with van der Waals surface area (Å²) < 4.78 is 4.96. The summed E-state index contributed by atoms with van der Waals surface area (Å²) in [7, 11) is 0. The van der Waals surface area contributed by atoms with Gasteiger partial charge in [-0.25, -0.2) is 0 Å². The molecule has 2 N–H and O–H groups in total. The van der Waals surface area contributed by atoms with E-state index in [0.717, 1.165) is 19.0 Å². The summed E-state index contributed by atoms with van der Waals surface area (Å²) in [6, 6.07) is -0.508. The van der Waals surface area contributed by atoms with E-state index in [1.165, 1.54) is 19.3 Å². The first-order valence-corrected chi connectivity index (χ1v) is 7.49. The highest BCUT2D eigenvalue weighted by Gasteiger charge is 2.28. The molecule has 2 unspecified atom stereocenters. The summed E-state index contributed by atoms with van der Waals surface area (Å²) in [6.45, 7) is 11.9. The highest BCUT2D eigenvalue weighted by atomic mass is 16.5. The van der Waals surface area contributed by atoms with Crippen molar-refractivity contribution in [1.29, 1.82) is 0 Å². The lowest BCUT2D eigenvalue weighted by Crippen LogP contribution is -2.44. The molecule has 0 aliphatic carbocycles. The van der Waals surface area contributed by atoms with Gasteiger partial charge in [0.2, 0.25) is 0 Å². The van der Waals surface area contributed by atoms with E-state index < -0.39 is 6.04 Å². The maximum Gasteiger partial charge on any atom is 0.324 e. The van der Waals surface area contributed by atoms with Crippen molar-refractivity contribution in [3.05, 3.63) is 0 Å². The van der Waals surface area contributed by atoms with Crippen molar-refractivity contribution >= 4 is 5.97 Å². The molecule has 1 aliphatic rings. The van der Waals surface area contributed by atoms with Crippen molar-refractivity contribution < 1.29 is 9.53 Å². The molecule has 0 aromatic heterocycles. The zero-order valence-corrected chi connectivity index (χ0v) is 12.9. The van der Waals surface area contributed by atoms with E-state index in [0.29, 0.717) is 18.6 Å². The maximum atomic E-state index is 11.6. The fourth-order valence-corrected chi connectivity index (χ4v) is 2.81. The lowest BCUT2D eigenvalue weighted by atomic mass is 9.77. The first kappa shape index (κ1) is 16.4. The predicted molar refractivity (Wildman–Crippen MR) is 77.8 cm³/mol. The second-order valence-electron chi connectivity index (χ2n) is 6.65. The predicted octanol–water partition coefficient (Wildman–Crippen LogP) is 2.02. The van der Waals surface area contributed by atoms with Gasteiger partial charge in [-0.3, -0.25) is 4.79 Å². The van der Waals surface area contributed by atoms with Gasteiger partial charge in [-0.15, -0.1) is 0 Å². The van der Waals surface area contributed by atoms with E-state index in [2.05, 4.69) is 25.7 Å². The molecular weight excluding hydrogens is 240 g/mol. The molecule has 4 nitrogen and oxygen atoms in total. The number of hydrogen-bond donors (Lipinski definition) is 1. The molecule has 0 spiro atoms. The molecular formula is C15H30N2O2. The van der Waals surface area contributed by atoms with Crippen LogP contribution in [0.25, 0.3) is 0 Å². The molecule has 112 valence electrons. The molecule has 0 bridgehead atoms. The molecule has 19 heavy (non-hydrogen) atoms. The molecule has 1 aliphatic heterocycles. The van der Waals surface area contributed by atoms with Crippen LogP contribution >= 0.6 is 0 Å². The van der Waals surface area contributed by atoms with Crippen LogP contribution < -0.4 is 5.73 Å². The molecule has 0 aromatic carbocycles. The number of hydrogen-bond acceptors (Lipinski definition) is 4. The van der Waals surface area contributed by atoms with E-state index in [1.807, 2.05) is 6.92 Å². The van der Waals surface area contributed by atoms with Crippen LogP contribution in [0.1, 0.15) is 47.0 Å². The topological polar surface area (TPSA) is 55.6 Å². The number of nitrogens with zero attached hydrogens (tertiary/aromatic N) is 1. The summed E-state index contributed by atoms with van der Waals surface area (Å²) in [5, 5.41) is 0. The Kier molecular flexibility index (Phi) is 6.27. The second-order valence-corrected chi connectivity index (χ2v) is 6.65. The van der Waals surface area contributed by atoms with Gasteiger partial charge in [0.1, 0.15) is 6.04 Å². The van der Waals surface area contributed by atoms with Crippen molar-refractivity contribution in [3.8, 4) is 0 Å². The summed E-state index contributed by atoms with van der Waals surface area (Å²) in [4.78, 5) is 13.9. The summed E-state index contributed by atoms with van der Waals surface area (Å²) >= 11 is 0. The van der Waals surface area contributed by atoms with Gasteiger partial charge in [0.15, 0.2) is 0 Å². The van der Waals surface area contributed by atoms with Crippen LogP contribution in [-0.2, 0) is 9.53 Å². The van der Waals surface area contributed by atoms with Crippen LogP contribution in [-0.4, -0.2) is 43.2 Å². The number of carbonyl (C=O) groups is 1. The highest BCUT2D eigenvalue weighted by molar-refractivity contribution is 5.75. The fraction of sp³-hybridized carbons (Fsp3) is 0.933. The lowest BCUT2D eigenvalue weighted by molar-refractivity contribution is -0.145. The SMILES string of the molecule is CCOC(=O)C(N)CN1CCCC(C(C)(C)C)CC1. The summed E-state index contributed by atoms with van der Waals surface area (Å²) in [5.41, 5.74) is 6.26. The number of likely N-dealkylation sites (tertiary alicyclic amines) is 1. The molecule has 0 radical (unpaired) electrons. The Bertz CT molecular complexity index is 286. The molecule has 0 aromatic rings.